The average molecular weight is 1100 g/mol. The lowest BCUT2D eigenvalue weighted by Gasteiger charge is -2.32. The van der Waals surface area contributed by atoms with Crippen LogP contribution in [0.15, 0.2) is 119 Å². The fourth-order valence-electron chi connectivity index (χ4n) is 9.42. The number of likely N-dealkylation sites (N-methyl/N-ethyl adjacent to an activating group) is 1. The fraction of sp³-hybridized carbons (Fsp3) is 0.470. The number of amides is 1. The molecule has 2 aromatic carbocycles. The molecular formula is C66H91FN4O9. The van der Waals surface area contributed by atoms with Crippen LogP contribution in [-0.4, -0.2) is 105 Å². The maximum Gasteiger partial charge on any atom is 0.328 e. The molecule has 2 aromatic heterocycles. The number of aliphatic carboxylic acids is 2. The lowest BCUT2D eigenvalue weighted by molar-refractivity contribution is -0.139. The fourth-order valence-corrected chi connectivity index (χ4v) is 9.42. The van der Waals surface area contributed by atoms with Gasteiger partial charge in [0.15, 0.2) is 0 Å². The molecule has 5 rings (SSSR count). The average Bonchev–Trinajstić information content (AvgIpc) is 3.38. The van der Waals surface area contributed by atoms with Crippen molar-refractivity contribution in [1.82, 2.24) is 20.2 Å². The normalized spacial score (nSPS) is 14.7. The molecule has 4 aromatic rings. The van der Waals surface area contributed by atoms with Gasteiger partial charge in [-0.3, -0.25) is 14.6 Å². The van der Waals surface area contributed by atoms with E-state index in [0.29, 0.717) is 31.2 Å². The number of aliphatic hydroxyl groups is 2. The van der Waals surface area contributed by atoms with E-state index < -0.39 is 30.6 Å². The number of hydrogen-bond donors (Lipinski definition) is 5. The number of aliphatic hydroxyl groups excluding tert-OH is 2. The molecule has 5 N–H and O–H groups in total. The second-order valence-corrected chi connectivity index (χ2v) is 21.6. The van der Waals surface area contributed by atoms with E-state index in [2.05, 4.69) is 89.7 Å². The Balaban J connectivity index is 0.000000323. The van der Waals surface area contributed by atoms with Gasteiger partial charge in [-0.25, -0.2) is 14.2 Å². The van der Waals surface area contributed by atoms with Crippen LogP contribution in [0.2, 0.25) is 0 Å². The van der Waals surface area contributed by atoms with Crippen LogP contribution in [0.1, 0.15) is 173 Å². The summed E-state index contributed by atoms with van der Waals surface area (Å²) in [5.74, 6) is -1.75. The first-order valence-electron chi connectivity index (χ1n) is 28.2. The summed E-state index contributed by atoms with van der Waals surface area (Å²) in [6.07, 6.45) is 17.6. The maximum absolute atomic E-state index is 13.7. The van der Waals surface area contributed by atoms with Gasteiger partial charge in [0, 0.05) is 61.0 Å². The summed E-state index contributed by atoms with van der Waals surface area (Å²) < 4.78 is 24.9. The van der Waals surface area contributed by atoms with E-state index >= 15 is 0 Å². The quantitative estimate of drug-likeness (QED) is 0.0227. The number of carbonyl (C=O) groups excluding carboxylic acids is 1. The molecule has 0 fully saturated rings. The number of nitrogens with one attached hydrogen (secondary N) is 1. The molecule has 0 saturated heterocycles. The molecule has 0 bridgehead atoms. The van der Waals surface area contributed by atoms with Crippen molar-refractivity contribution in [2.75, 3.05) is 39.9 Å². The summed E-state index contributed by atoms with van der Waals surface area (Å²) in [4.78, 5) is 45.8. The number of rotatable bonds is 26. The smallest absolute Gasteiger partial charge is 0.328 e. The third kappa shape index (κ3) is 22.5. The van der Waals surface area contributed by atoms with Gasteiger partial charge >= 0.3 is 11.9 Å². The minimum absolute atomic E-state index is 0.0627. The van der Waals surface area contributed by atoms with Gasteiger partial charge in [-0.05, 0) is 117 Å². The Labute approximate surface area is 476 Å². The second-order valence-electron chi connectivity index (χ2n) is 21.6. The highest BCUT2D eigenvalue weighted by Crippen LogP contribution is 2.41. The summed E-state index contributed by atoms with van der Waals surface area (Å²) in [7, 11) is 1.61. The Kier molecular flexibility index (Phi) is 29.2. The number of pyridine rings is 2. The number of nitrogens with zero attached hydrogens (tertiary/aromatic N) is 3. The van der Waals surface area contributed by atoms with Crippen molar-refractivity contribution in [3.63, 3.8) is 0 Å². The molecule has 1 aliphatic carbocycles. The van der Waals surface area contributed by atoms with Gasteiger partial charge in [0.1, 0.15) is 5.82 Å². The zero-order valence-corrected chi connectivity index (χ0v) is 49.9. The molecule has 0 saturated carbocycles. The number of carbonyl (C=O) groups is 3. The number of carboxylic acid groups (broad SMARTS) is 2. The first-order valence-corrected chi connectivity index (χ1v) is 28.2. The molecule has 2 atom stereocenters. The minimum Gasteiger partial charge on any atom is -0.481 e. The van der Waals surface area contributed by atoms with Crippen molar-refractivity contribution in [2.24, 2.45) is 5.41 Å². The minimum atomic E-state index is -1.16. The lowest BCUT2D eigenvalue weighted by Crippen LogP contribution is -2.34. The molecule has 14 heteroatoms. The van der Waals surface area contributed by atoms with Crippen LogP contribution in [-0.2, 0) is 20.9 Å². The third-order valence-electron chi connectivity index (χ3n) is 13.7. The van der Waals surface area contributed by atoms with E-state index in [1.165, 1.54) is 54.7 Å². The van der Waals surface area contributed by atoms with E-state index in [-0.39, 0.29) is 35.4 Å². The zero-order chi connectivity index (χ0) is 59.5. The Bertz CT molecular complexity index is 2820. The van der Waals surface area contributed by atoms with Crippen molar-refractivity contribution in [1.29, 1.82) is 0 Å². The van der Waals surface area contributed by atoms with Crippen molar-refractivity contribution in [3.8, 4) is 17.0 Å². The van der Waals surface area contributed by atoms with E-state index in [0.717, 1.165) is 88.2 Å². The van der Waals surface area contributed by atoms with Gasteiger partial charge in [-0.15, -0.1) is 0 Å². The molecular weight excluding hydrogens is 1010 g/mol. The number of hydrogen-bond acceptors (Lipinski definition) is 10. The monoisotopic (exact) mass is 1100 g/mol. The van der Waals surface area contributed by atoms with Crippen LogP contribution in [0, 0.1) is 11.2 Å². The highest BCUT2D eigenvalue weighted by molar-refractivity contribution is 6.06. The number of halogens is 1. The Morgan fingerprint density at radius 1 is 0.900 bits per heavy atom. The van der Waals surface area contributed by atoms with Crippen molar-refractivity contribution >= 4 is 34.8 Å². The highest BCUT2D eigenvalue weighted by atomic mass is 19.1. The molecule has 0 unspecified atom stereocenters. The topological polar surface area (TPSA) is 192 Å². The largest absolute Gasteiger partial charge is 0.481 e. The highest BCUT2D eigenvalue weighted by Gasteiger charge is 2.27. The Hall–Kier alpha value is -6.58. The van der Waals surface area contributed by atoms with E-state index in [1.807, 2.05) is 50.3 Å². The predicted molar refractivity (Wildman–Crippen MR) is 322 cm³/mol. The summed E-state index contributed by atoms with van der Waals surface area (Å²) in [5.41, 5.74) is 11.5. The lowest BCUT2D eigenvalue weighted by atomic mass is 9.72. The molecule has 0 spiro atoms. The molecule has 0 radical (unpaired) electrons. The summed E-state index contributed by atoms with van der Waals surface area (Å²) in [6.45, 7) is 29.6. The first kappa shape index (κ1) is 67.7. The van der Waals surface area contributed by atoms with Gasteiger partial charge in [-0.1, -0.05) is 153 Å². The van der Waals surface area contributed by atoms with Crippen LogP contribution in [0.25, 0.3) is 28.1 Å². The van der Waals surface area contributed by atoms with Crippen LogP contribution in [0.4, 0.5) is 4.39 Å². The molecule has 2 heterocycles. The van der Waals surface area contributed by atoms with Gasteiger partial charge in [0.25, 0.3) is 5.91 Å². The zero-order valence-electron chi connectivity index (χ0n) is 49.9. The van der Waals surface area contributed by atoms with E-state index in [1.54, 1.807) is 44.4 Å². The van der Waals surface area contributed by atoms with Crippen LogP contribution in [0.3, 0.4) is 0 Å². The number of benzene rings is 2. The maximum atomic E-state index is 13.7. The van der Waals surface area contributed by atoms with Gasteiger partial charge < -0.3 is 40.1 Å². The first-order chi connectivity index (χ1) is 38.0. The summed E-state index contributed by atoms with van der Waals surface area (Å²) in [6, 6.07) is 15.7. The van der Waals surface area contributed by atoms with Crippen molar-refractivity contribution in [3.05, 3.63) is 153 Å². The van der Waals surface area contributed by atoms with E-state index in [4.69, 9.17) is 24.7 Å². The number of para-hydroxylation sites is 1. The van der Waals surface area contributed by atoms with Crippen LogP contribution < -0.4 is 10.1 Å². The van der Waals surface area contributed by atoms with Crippen LogP contribution >= 0.6 is 0 Å². The molecule has 80 heavy (non-hydrogen) atoms. The summed E-state index contributed by atoms with van der Waals surface area (Å²) >= 11 is 0. The molecule has 1 amide bonds. The number of unbranched alkanes of at least 4 members (excludes halogenated alkanes) is 1. The van der Waals surface area contributed by atoms with E-state index in [9.17, 15) is 29.0 Å². The van der Waals surface area contributed by atoms with Crippen LogP contribution in [0.5, 0.6) is 5.88 Å². The number of aromatic nitrogens is 2. The number of fused-ring (bicyclic) bond motifs is 1. The van der Waals surface area contributed by atoms with Gasteiger partial charge in [-0.2, -0.15) is 0 Å². The molecule has 13 nitrogen and oxygen atoms in total. The standard InChI is InChI=1S/C26H34FNO5.C20H29N3O2.C20H28O2/c1-15(2)25-21(11-10-19(29)12-20(30)13-23(31)32)24(17-6-8-18(27)9-7-17)22(14-33-5)26(28-25)16(3)4;1-4-7-14-25-19-15-17(16-10-8-9-11-18(16)22-19)20(24)21-12-13-23(5-2)6-3;1-15(8-6-9-16(2)14-19(21)22)11-12-18-17(3)10-7-13-20(18,4)5/h6-11,15-16,19-20,29-30H,12-14H2,1-5H3,(H,31,32);8-11,15H,4-7,12-14H2,1-3H3,(H,21,24);6,8-9,11-12,14H,7,10,13H2,1-5H3,(H,21,22)/b11-10+;;9-6+,12-11+,15-8+,16-14+/t19-,20-;;/m1../s1. The van der Waals surface area contributed by atoms with Gasteiger partial charge in [0.05, 0.1) is 48.6 Å². The van der Waals surface area contributed by atoms with Gasteiger partial charge in [0.2, 0.25) is 5.88 Å². The molecule has 0 aliphatic heterocycles. The number of ether oxygens (including phenoxy) is 2. The number of allylic oxidation sites excluding steroid dienone is 9. The predicted octanol–water partition coefficient (Wildman–Crippen LogP) is 14.0. The number of methoxy groups -OCH3 is 1. The Morgan fingerprint density at radius 3 is 2.17 bits per heavy atom. The summed E-state index contributed by atoms with van der Waals surface area (Å²) in [5, 5.41) is 41.6. The molecule has 436 valence electrons. The third-order valence-corrected chi connectivity index (χ3v) is 13.7. The Morgan fingerprint density at radius 2 is 1.57 bits per heavy atom. The van der Waals surface area contributed by atoms with Crippen molar-refractivity contribution < 1.29 is 48.7 Å². The number of carboxylic acids is 2. The SMILES string of the molecule is CC1=C(/C=C/C(C)=C/C=C/C(C)=C/C(=O)O)C(C)(C)CCC1.CCCCOc1cc(C(=O)NCCN(CC)CC)c2ccccc2n1.COCc1c(C(C)C)nc(C(C)C)c(/C=C/[C@@H](O)C[C@@H](O)CC(=O)O)c1-c1ccc(F)cc1. The second kappa shape index (κ2) is 34.5. The molecule has 1 aliphatic rings. The van der Waals surface area contributed by atoms with Crippen molar-refractivity contribution in [2.45, 2.75) is 159 Å².